The predicted molar refractivity (Wildman–Crippen MR) is 94.0 cm³/mol. The first-order chi connectivity index (χ1) is 10.7. The normalized spacial score (nSPS) is 14.0. The molecule has 0 spiro atoms. The topological polar surface area (TPSA) is 57.1 Å². The third-order valence-corrected chi connectivity index (χ3v) is 4.11. The Morgan fingerprint density at radius 1 is 1.27 bits per heavy atom. The lowest BCUT2D eigenvalue weighted by Gasteiger charge is -2.15. The van der Waals surface area contributed by atoms with E-state index in [1.807, 2.05) is 6.33 Å². The van der Waals surface area contributed by atoms with Gasteiger partial charge >= 0.3 is 0 Å². The molecule has 0 atom stereocenters. The average Bonchev–Trinajstić information content (AvgIpc) is 2.90. The highest BCUT2D eigenvalue weighted by Crippen LogP contribution is 2.17. The summed E-state index contributed by atoms with van der Waals surface area (Å²) < 4.78 is 2.29. The van der Waals surface area contributed by atoms with E-state index in [9.17, 15) is 0 Å². The zero-order valence-electron chi connectivity index (χ0n) is 13.7. The van der Waals surface area contributed by atoms with Crippen LogP contribution in [0.2, 0.25) is 0 Å². The van der Waals surface area contributed by atoms with Gasteiger partial charge in [-0.25, -0.2) is 4.98 Å². The van der Waals surface area contributed by atoms with Gasteiger partial charge in [-0.05, 0) is 45.6 Å². The fourth-order valence-electron chi connectivity index (χ4n) is 2.58. The Morgan fingerprint density at radius 3 is 2.91 bits per heavy atom. The maximum absolute atomic E-state index is 5.23. The number of aromatic nitrogens is 2. The van der Waals surface area contributed by atoms with Crippen molar-refractivity contribution in [1.29, 1.82) is 0 Å². The van der Waals surface area contributed by atoms with Crippen molar-refractivity contribution in [3.05, 3.63) is 17.7 Å². The summed E-state index contributed by atoms with van der Waals surface area (Å²) in [6.07, 6.45) is 5.70. The van der Waals surface area contributed by atoms with Gasteiger partial charge in [-0.1, -0.05) is 0 Å². The van der Waals surface area contributed by atoms with Crippen molar-refractivity contribution in [3.8, 4) is 0 Å². The highest BCUT2D eigenvalue weighted by Gasteiger charge is 2.13. The number of thiocarbonyl (C=S) groups is 1. The van der Waals surface area contributed by atoms with E-state index in [4.69, 9.17) is 12.2 Å². The van der Waals surface area contributed by atoms with Crippen molar-refractivity contribution in [2.45, 2.75) is 32.4 Å². The quantitative estimate of drug-likeness (QED) is 0.473. The number of aryl methyl sites for hydroxylation is 1. The van der Waals surface area contributed by atoms with E-state index >= 15 is 0 Å². The lowest BCUT2D eigenvalue weighted by molar-refractivity contribution is 0.412. The minimum atomic E-state index is 0.725. The fourth-order valence-corrected chi connectivity index (χ4v) is 2.78. The monoisotopic (exact) mass is 324 g/mol. The smallest absolute Gasteiger partial charge is 0.166 e. The number of nitrogens with zero attached hydrogens (tertiary/aromatic N) is 3. The van der Waals surface area contributed by atoms with Crippen LogP contribution < -0.4 is 16.0 Å². The Balaban J connectivity index is 1.56. The molecule has 0 radical (unpaired) electrons. The molecule has 0 aliphatic carbocycles. The average molecular weight is 324 g/mol. The zero-order valence-corrected chi connectivity index (χ0v) is 14.5. The van der Waals surface area contributed by atoms with Gasteiger partial charge in [0, 0.05) is 45.0 Å². The molecular formula is C15H28N6S. The summed E-state index contributed by atoms with van der Waals surface area (Å²) in [6.45, 7) is 5.51. The van der Waals surface area contributed by atoms with E-state index in [2.05, 4.69) is 44.5 Å². The first kappa shape index (κ1) is 17.2. The third-order valence-electron chi connectivity index (χ3n) is 3.82. The Labute approximate surface area is 138 Å². The highest BCUT2D eigenvalue weighted by atomic mass is 32.1. The Kier molecular flexibility index (Phi) is 7.08. The number of rotatable bonds is 8. The number of likely N-dealkylation sites (N-methyl/N-ethyl adjacent to an activating group) is 1. The van der Waals surface area contributed by atoms with Crippen LogP contribution in [0.25, 0.3) is 0 Å². The SMILES string of the molecule is CN(C)CCNC(=S)NCCNCc1ncn2c1CCCC2. The van der Waals surface area contributed by atoms with Gasteiger partial charge in [0.15, 0.2) is 5.11 Å². The van der Waals surface area contributed by atoms with Crippen LogP contribution in [-0.2, 0) is 19.5 Å². The largest absolute Gasteiger partial charge is 0.361 e. The number of nitrogens with one attached hydrogen (secondary N) is 3. The van der Waals surface area contributed by atoms with Gasteiger partial charge in [0.1, 0.15) is 0 Å². The lowest BCUT2D eigenvalue weighted by atomic mass is 10.1. The maximum Gasteiger partial charge on any atom is 0.166 e. The van der Waals surface area contributed by atoms with Crippen molar-refractivity contribution in [1.82, 2.24) is 30.4 Å². The zero-order chi connectivity index (χ0) is 15.8. The van der Waals surface area contributed by atoms with Gasteiger partial charge in [0.05, 0.1) is 12.0 Å². The molecule has 1 aromatic rings. The van der Waals surface area contributed by atoms with Crippen LogP contribution in [0, 0.1) is 0 Å². The molecule has 0 bridgehead atoms. The van der Waals surface area contributed by atoms with Crippen molar-refractivity contribution in [2.24, 2.45) is 0 Å². The molecule has 1 aliphatic rings. The van der Waals surface area contributed by atoms with E-state index in [1.165, 1.54) is 24.2 Å². The van der Waals surface area contributed by atoms with Crippen molar-refractivity contribution >= 4 is 17.3 Å². The fraction of sp³-hybridized carbons (Fsp3) is 0.733. The van der Waals surface area contributed by atoms with Crippen LogP contribution in [0.1, 0.15) is 24.2 Å². The molecular weight excluding hydrogens is 296 g/mol. The van der Waals surface area contributed by atoms with E-state index in [0.29, 0.717) is 0 Å². The molecule has 0 saturated heterocycles. The number of hydrogen-bond donors (Lipinski definition) is 3. The minimum absolute atomic E-state index is 0.725. The van der Waals surface area contributed by atoms with Crippen LogP contribution in [0.5, 0.6) is 0 Å². The van der Waals surface area contributed by atoms with Gasteiger partial charge in [-0.2, -0.15) is 0 Å². The molecule has 0 fully saturated rings. The van der Waals surface area contributed by atoms with E-state index in [1.54, 1.807) is 0 Å². The minimum Gasteiger partial charge on any atom is -0.361 e. The number of fused-ring (bicyclic) bond motifs is 1. The van der Waals surface area contributed by atoms with Crippen LogP contribution >= 0.6 is 12.2 Å². The van der Waals surface area contributed by atoms with Gasteiger partial charge < -0.3 is 25.4 Å². The molecule has 0 aromatic carbocycles. The number of imidazole rings is 1. The van der Waals surface area contributed by atoms with Crippen molar-refractivity contribution in [3.63, 3.8) is 0 Å². The van der Waals surface area contributed by atoms with Gasteiger partial charge in [0.25, 0.3) is 0 Å². The van der Waals surface area contributed by atoms with Crippen molar-refractivity contribution < 1.29 is 0 Å². The summed E-state index contributed by atoms with van der Waals surface area (Å²) in [6, 6.07) is 0. The first-order valence-electron chi connectivity index (χ1n) is 8.07. The second kappa shape index (κ2) is 9.07. The molecule has 2 heterocycles. The van der Waals surface area contributed by atoms with Gasteiger partial charge in [0.2, 0.25) is 0 Å². The standard InChI is InChI=1S/C15H28N6S/c1-20(2)10-8-18-15(22)17-7-6-16-11-13-14-5-3-4-9-21(14)12-19-13/h12,16H,3-11H2,1-2H3,(H2,17,18,22). The Hall–Kier alpha value is -1.18. The summed E-state index contributed by atoms with van der Waals surface area (Å²) in [5.41, 5.74) is 2.61. The molecule has 2 rings (SSSR count). The predicted octanol–water partition coefficient (Wildman–Crippen LogP) is 0.335. The lowest BCUT2D eigenvalue weighted by Crippen LogP contribution is -2.41. The Morgan fingerprint density at radius 2 is 2.09 bits per heavy atom. The molecule has 22 heavy (non-hydrogen) atoms. The summed E-state index contributed by atoms with van der Waals surface area (Å²) in [7, 11) is 4.10. The molecule has 0 unspecified atom stereocenters. The summed E-state index contributed by atoms with van der Waals surface area (Å²) in [4.78, 5) is 6.65. The van der Waals surface area contributed by atoms with E-state index in [0.717, 1.165) is 50.8 Å². The molecule has 124 valence electrons. The summed E-state index contributed by atoms with van der Waals surface area (Å²) in [5.74, 6) is 0. The van der Waals surface area contributed by atoms with Gasteiger partial charge in [-0.3, -0.25) is 0 Å². The molecule has 3 N–H and O–H groups in total. The Bertz CT molecular complexity index is 471. The van der Waals surface area contributed by atoms with Crippen LogP contribution in [0.3, 0.4) is 0 Å². The second-order valence-corrected chi connectivity index (χ2v) is 6.36. The van der Waals surface area contributed by atoms with E-state index < -0.39 is 0 Å². The molecule has 1 aliphatic heterocycles. The molecule has 7 heteroatoms. The van der Waals surface area contributed by atoms with Crippen LogP contribution in [0.4, 0.5) is 0 Å². The maximum atomic E-state index is 5.23. The van der Waals surface area contributed by atoms with Gasteiger partial charge in [-0.15, -0.1) is 0 Å². The van der Waals surface area contributed by atoms with Crippen molar-refractivity contribution in [2.75, 3.05) is 40.3 Å². The molecule has 1 aromatic heterocycles. The van der Waals surface area contributed by atoms with Crippen LogP contribution in [0.15, 0.2) is 6.33 Å². The highest BCUT2D eigenvalue weighted by molar-refractivity contribution is 7.80. The van der Waals surface area contributed by atoms with Crippen LogP contribution in [-0.4, -0.2) is 59.8 Å². The second-order valence-electron chi connectivity index (χ2n) is 5.95. The number of hydrogen-bond acceptors (Lipinski definition) is 4. The molecule has 6 nitrogen and oxygen atoms in total. The molecule has 0 amide bonds. The molecule has 0 saturated carbocycles. The summed E-state index contributed by atoms with van der Waals surface area (Å²) in [5, 5.41) is 10.6. The first-order valence-corrected chi connectivity index (χ1v) is 8.47. The third kappa shape index (κ3) is 5.55. The summed E-state index contributed by atoms with van der Waals surface area (Å²) >= 11 is 5.23. The van der Waals surface area contributed by atoms with E-state index in [-0.39, 0.29) is 0 Å².